The zero-order valence-corrected chi connectivity index (χ0v) is 9.75. The first-order chi connectivity index (χ1) is 7.81. The van der Waals surface area contributed by atoms with Gasteiger partial charge in [0, 0.05) is 29.4 Å². The molecule has 0 saturated heterocycles. The summed E-state index contributed by atoms with van der Waals surface area (Å²) in [5.74, 6) is -0.0114. The second-order valence-corrected chi connectivity index (χ2v) is 4.35. The minimum absolute atomic E-state index is 0.0114. The van der Waals surface area contributed by atoms with Crippen molar-refractivity contribution in [2.24, 2.45) is 0 Å². The first-order valence-corrected chi connectivity index (χ1v) is 5.91. The van der Waals surface area contributed by atoms with Crippen molar-refractivity contribution in [1.29, 1.82) is 0 Å². The van der Waals surface area contributed by atoms with Crippen molar-refractivity contribution < 1.29 is 4.79 Å². The van der Waals surface area contributed by atoms with Gasteiger partial charge in [-0.05, 0) is 25.1 Å². The van der Waals surface area contributed by atoms with Crippen LogP contribution in [-0.2, 0) is 0 Å². The van der Waals surface area contributed by atoms with Crippen LogP contribution in [0.2, 0.25) is 0 Å². The molecule has 0 saturated carbocycles. The molecule has 0 atom stereocenters. The van der Waals surface area contributed by atoms with E-state index in [1.54, 1.807) is 12.4 Å². The van der Waals surface area contributed by atoms with Gasteiger partial charge in [-0.15, -0.1) is 11.3 Å². The summed E-state index contributed by atoms with van der Waals surface area (Å²) in [6.45, 7) is 2.56. The van der Waals surface area contributed by atoms with E-state index in [0.717, 1.165) is 15.3 Å². The molecule has 2 aromatic heterocycles. The number of thiophene rings is 1. The monoisotopic (exact) mass is 232 g/mol. The molecule has 0 aliphatic rings. The highest BCUT2D eigenvalue weighted by molar-refractivity contribution is 7.17. The molecule has 3 nitrogen and oxygen atoms in total. The van der Waals surface area contributed by atoms with Gasteiger partial charge in [0.2, 0.25) is 0 Å². The zero-order valence-electron chi connectivity index (χ0n) is 8.93. The summed E-state index contributed by atoms with van der Waals surface area (Å²) < 4.78 is 0. The molecule has 2 rings (SSSR count). The van der Waals surface area contributed by atoms with Crippen LogP contribution < -0.4 is 5.32 Å². The Morgan fingerprint density at radius 2 is 2.31 bits per heavy atom. The van der Waals surface area contributed by atoms with Crippen LogP contribution in [-0.4, -0.2) is 17.4 Å². The Labute approximate surface area is 98.2 Å². The van der Waals surface area contributed by atoms with E-state index in [1.165, 1.54) is 11.3 Å². The second kappa shape index (κ2) is 4.90. The third-order valence-corrected chi connectivity index (χ3v) is 3.25. The fraction of sp³-hybridized carbons (Fsp3) is 0.167. The molecule has 0 aliphatic heterocycles. The Bertz CT molecular complexity index is 479. The molecule has 0 aliphatic carbocycles. The van der Waals surface area contributed by atoms with Gasteiger partial charge in [0.25, 0.3) is 5.91 Å². The maximum atomic E-state index is 11.6. The SMILES string of the molecule is CCNC(=O)c1ccc(-c2cccnc2)s1. The van der Waals surface area contributed by atoms with E-state index in [2.05, 4.69) is 10.3 Å². The van der Waals surface area contributed by atoms with E-state index in [4.69, 9.17) is 0 Å². The van der Waals surface area contributed by atoms with Crippen molar-refractivity contribution in [3.63, 3.8) is 0 Å². The van der Waals surface area contributed by atoms with E-state index >= 15 is 0 Å². The number of amides is 1. The van der Waals surface area contributed by atoms with Crippen LogP contribution in [0.15, 0.2) is 36.7 Å². The van der Waals surface area contributed by atoms with Gasteiger partial charge in [0.15, 0.2) is 0 Å². The number of rotatable bonds is 3. The minimum atomic E-state index is -0.0114. The molecule has 1 N–H and O–H groups in total. The Hall–Kier alpha value is -1.68. The molecular formula is C12H12N2OS. The normalized spacial score (nSPS) is 10.1. The summed E-state index contributed by atoms with van der Waals surface area (Å²) in [5, 5.41) is 2.78. The predicted molar refractivity (Wildman–Crippen MR) is 65.6 cm³/mol. The largest absolute Gasteiger partial charge is 0.352 e. The fourth-order valence-corrected chi connectivity index (χ4v) is 2.28. The van der Waals surface area contributed by atoms with Gasteiger partial charge < -0.3 is 5.32 Å². The van der Waals surface area contributed by atoms with Crippen LogP contribution in [0.4, 0.5) is 0 Å². The maximum Gasteiger partial charge on any atom is 0.261 e. The molecule has 0 spiro atoms. The van der Waals surface area contributed by atoms with E-state index in [-0.39, 0.29) is 5.91 Å². The van der Waals surface area contributed by atoms with Crippen LogP contribution in [0.5, 0.6) is 0 Å². The van der Waals surface area contributed by atoms with Crippen LogP contribution in [0.1, 0.15) is 16.6 Å². The van der Waals surface area contributed by atoms with Gasteiger partial charge in [0.1, 0.15) is 0 Å². The number of pyridine rings is 1. The van der Waals surface area contributed by atoms with Gasteiger partial charge in [-0.3, -0.25) is 9.78 Å². The minimum Gasteiger partial charge on any atom is -0.352 e. The molecule has 16 heavy (non-hydrogen) atoms. The first-order valence-electron chi connectivity index (χ1n) is 5.09. The van der Waals surface area contributed by atoms with Crippen molar-refractivity contribution >= 4 is 17.2 Å². The summed E-state index contributed by atoms with van der Waals surface area (Å²) in [5.41, 5.74) is 1.04. The molecule has 0 fully saturated rings. The number of carbonyl (C=O) groups is 1. The van der Waals surface area contributed by atoms with Crippen LogP contribution in [0.3, 0.4) is 0 Å². The average molecular weight is 232 g/mol. The topological polar surface area (TPSA) is 42.0 Å². The van der Waals surface area contributed by atoms with Crippen molar-refractivity contribution in [3.8, 4) is 10.4 Å². The Morgan fingerprint density at radius 3 is 3.00 bits per heavy atom. The first kappa shape index (κ1) is 10.8. The van der Waals surface area contributed by atoms with Crippen LogP contribution >= 0.6 is 11.3 Å². The van der Waals surface area contributed by atoms with Gasteiger partial charge in [-0.2, -0.15) is 0 Å². The molecule has 0 aromatic carbocycles. The average Bonchev–Trinajstić information content (AvgIpc) is 2.80. The lowest BCUT2D eigenvalue weighted by Gasteiger charge is -1.97. The van der Waals surface area contributed by atoms with Crippen LogP contribution in [0.25, 0.3) is 10.4 Å². The third kappa shape index (κ3) is 2.28. The molecule has 0 unspecified atom stereocenters. The predicted octanol–water partition coefficient (Wildman–Crippen LogP) is 2.56. The number of carbonyl (C=O) groups excluding carboxylic acids is 1. The Morgan fingerprint density at radius 1 is 1.44 bits per heavy atom. The molecule has 4 heteroatoms. The lowest BCUT2D eigenvalue weighted by Crippen LogP contribution is -2.21. The van der Waals surface area contributed by atoms with E-state index in [1.807, 2.05) is 31.2 Å². The highest BCUT2D eigenvalue weighted by Crippen LogP contribution is 2.27. The molecule has 2 aromatic rings. The van der Waals surface area contributed by atoms with Gasteiger partial charge in [-0.1, -0.05) is 6.07 Å². The summed E-state index contributed by atoms with van der Waals surface area (Å²) in [4.78, 5) is 17.4. The molecule has 0 bridgehead atoms. The summed E-state index contributed by atoms with van der Waals surface area (Å²) in [6.07, 6.45) is 3.54. The highest BCUT2D eigenvalue weighted by atomic mass is 32.1. The van der Waals surface area contributed by atoms with Gasteiger partial charge >= 0.3 is 0 Å². The fourth-order valence-electron chi connectivity index (χ4n) is 1.37. The van der Waals surface area contributed by atoms with Crippen molar-refractivity contribution in [3.05, 3.63) is 41.5 Å². The molecule has 0 radical (unpaired) electrons. The standard InChI is InChI=1S/C12H12N2OS/c1-2-14-12(15)11-6-5-10(16-11)9-4-3-7-13-8-9/h3-8H,2H2,1H3,(H,14,15). The highest BCUT2D eigenvalue weighted by Gasteiger charge is 2.08. The van der Waals surface area contributed by atoms with Crippen molar-refractivity contribution in [1.82, 2.24) is 10.3 Å². The van der Waals surface area contributed by atoms with Crippen molar-refractivity contribution in [2.45, 2.75) is 6.92 Å². The number of hydrogen-bond acceptors (Lipinski definition) is 3. The third-order valence-electron chi connectivity index (χ3n) is 2.11. The Balaban J connectivity index is 2.23. The maximum absolute atomic E-state index is 11.6. The second-order valence-electron chi connectivity index (χ2n) is 3.27. The quantitative estimate of drug-likeness (QED) is 0.883. The van der Waals surface area contributed by atoms with E-state index in [9.17, 15) is 4.79 Å². The molecule has 2 heterocycles. The van der Waals surface area contributed by atoms with Crippen molar-refractivity contribution in [2.75, 3.05) is 6.54 Å². The van der Waals surface area contributed by atoms with E-state index < -0.39 is 0 Å². The molecule has 1 amide bonds. The zero-order chi connectivity index (χ0) is 11.4. The summed E-state index contributed by atoms with van der Waals surface area (Å²) in [7, 11) is 0. The Kier molecular flexibility index (Phi) is 3.31. The lowest BCUT2D eigenvalue weighted by molar-refractivity contribution is 0.0960. The number of aromatic nitrogens is 1. The number of nitrogens with zero attached hydrogens (tertiary/aromatic N) is 1. The summed E-state index contributed by atoms with van der Waals surface area (Å²) >= 11 is 1.48. The molecule has 82 valence electrons. The number of nitrogens with one attached hydrogen (secondary N) is 1. The number of hydrogen-bond donors (Lipinski definition) is 1. The smallest absolute Gasteiger partial charge is 0.261 e. The summed E-state index contributed by atoms with van der Waals surface area (Å²) in [6, 6.07) is 7.67. The van der Waals surface area contributed by atoms with Crippen LogP contribution in [0, 0.1) is 0 Å². The van der Waals surface area contributed by atoms with Gasteiger partial charge in [-0.25, -0.2) is 0 Å². The lowest BCUT2D eigenvalue weighted by atomic mass is 10.2. The molecular weight excluding hydrogens is 220 g/mol. The van der Waals surface area contributed by atoms with E-state index in [0.29, 0.717) is 6.54 Å². The van der Waals surface area contributed by atoms with Gasteiger partial charge in [0.05, 0.1) is 4.88 Å².